The molecule has 0 aliphatic carbocycles. The van der Waals surface area contributed by atoms with E-state index in [0.717, 1.165) is 10.8 Å². The van der Waals surface area contributed by atoms with Gasteiger partial charge in [-0.25, -0.2) is 8.84 Å². The van der Waals surface area contributed by atoms with Crippen molar-refractivity contribution in [3.63, 3.8) is 0 Å². The number of halogens is 2. The van der Waals surface area contributed by atoms with Crippen LogP contribution in [-0.2, 0) is 9.31 Å². The molecule has 1 aliphatic heterocycles. The Hall–Kier alpha value is -0.235. The molecule has 0 bridgehead atoms. The summed E-state index contributed by atoms with van der Waals surface area (Å²) in [7, 11) is -0.585. The molecule has 4 nitrogen and oxygen atoms in total. The molecule has 22 heavy (non-hydrogen) atoms. The molecule has 0 amide bonds. The highest BCUT2D eigenvalue weighted by Crippen LogP contribution is 2.37. The van der Waals surface area contributed by atoms with Crippen molar-refractivity contribution in [2.75, 3.05) is 0 Å². The first kappa shape index (κ1) is 16.6. The number of hydrogen-bond acceptors (Lipinski definition) is 3. The van der Waals surface area contributed by atoms with Gasteiger partial charge in [-0.05, 0) is 67.7 Å². The average Bonchev–Trinajstić information content (AvgIpc) is 2.89. The van der Waals surface area contributed by atoms with Crippen molar-refractivity contribution >= 4 is 51.9 Å². The van der Waals surface area contributed by atoms with E-state index in [1.54, 1.807) is 6.92 Å². The Labute approximate surface area is 144 Å². The molecule has 1 aliphatic rings. The maximum atomic E-state index is 14.3. The Kier molecular flexibility index (Phi) is 4.08. The van der Waals surface area contributed by atoms with E-state index < -0.39 is 18.3 Å². The fourth-order valence-corrected chi connectivity index (χ4v) is 3.63. The van der Waals surface area contributed by atoms with Crippen LogP contribution < -0.4 is 5.46 Å². The SMILES string of the molecule is Cc1c(F)cc2nn(PI)cc2c1B1OC(C)(C)C(C)(C)O1. The molecule has 0 spiro atoms. The summed E-state index contributed by atoms with van der Waals surface area (Å²) in [5.41, 5.74) is 1.03. The average molecular weight is 434 g/mol. The van der Waals surface area contributed by atoms with Crippen molar-refractivity contribution in [2.24, 2.45) is 0 Å². The minimum absolute atomic E-state index is 0.278. The zero-order valence-electron chi connectivity index (χ0n) is 13.2. The highest BCUT2D eigenvalue weighted by molar-refractivity contribution is 14.2. The van der Waals surface area contributed by atoms with Crippen molar-refractivity contribution in [2.45, 2.75) is 45.8 Å². The topological polar surface area (TPSA) is 36.3 Å². The first-order valence-corrected chi connectivity index (χ1v) is 11.1. The zero-order valence-corrected chi connectivity index (χ0v) is 16.4. The summed E-state index contributed by atoms with van der Waals surface area (Å²) in [5, 5.41) is 5.30. The Morgan fingerprint density at radius 2 is 1.86 bits per heavy atom. The van der Waals surface area contributed by atoms with Crippen LogP contribution in [0.3, 0.4) is 0 Å². The summed E-state index contributed by atoms with van der Waals surface area (Å²) in [4.78, 5) is 0. The predicted molar refractivity (Wildman–Crippen MR) is 97.9 cm³/mol. The summed E-state index contributed by atoms with van der Waals surface area (Å²) >= 11 is 2.25. The second-order valence-corrected chi connectivity index (χ2v) is 8.65. The van der Waals surface area contributed by atoms with Crippen LogP contribution in [0.2, 0.25) is 0 Å². The van der Waals surface area contributed by atoms with E-state index in [2.05, 4.69) is 27.1 Å². The molecular formula is C14H18BFIN2O2P. The summed E-state index contributed by atoms with van der Waals surface area (Å²) in [6.07, 6.45) is 2.40. The molecule has 2 heterocycles. The zero-order chi connectivity index (χ0) is 16.3. The van der Waals surface area contributed by atoms with E-state index in [4.69, 9.17) is 9.31 Å². The molecule has 1 atom stereocenters. The van der Waals surface area contributed by atoms with Crippen LogP contribution in [0.15, 0.2) is 12.3 Å². The van der Waals surface area contributed by atoms with Crippen molar-refractivity contribution in [1.82, 2.24) is 9.55 Å². The summed E-state index contributed by atoms with van der Waals surface area (Å²) in [6, 6.07) is 1.48. The molecule has 1 saturated heterocycles. The first-order chi connectivity index (χ1) is 10.2. The maximum absolute atomic E-state index is 14.3. The fraction of sp³-hybridized carbons (Fsp3) is 0.500. The molecule has 0 radical (unpaired) electrons. The van der Waals surface area contributed by atoms with E-state index >= 15 is 0 Å². The molecule has 1 unspecified atom stereocenters. The van der Waals surface area contributed by atoms with Crippen molar-refractivity contribution in [1.29, 1.82) is 0 Å². The van der Waals surface area contributed by atoms with Gasteiger partial charge in [-0.15, -0.1) is 0 Å². The second kappa shape index (κ2) is 5.40. The van der Waals surface area contributed by atoms with Gasteiger partial charge in [0.15, 0.2) is 0 Å². The number of hydrogen-bond donors (Lipinski definition) is 0. The van der Waals surface area contributed by atoms with Crippen LogP contribution in [0, 0.1) is 12.7 Å². The molecule has 1 aromatic carbocycles. The molecule has 1 fully saturated rings. The van der Waals surface area contributed by atoms with Crippen LogP contribution in [-0.4, -0.2) is 27.9 Å². The third-order valence-corrected chi connectivity index (χ3v) is 6.52. The Morgan fingerprint density at radius 3 is 2.41 bits per heavy atom. The van der Waals surface area contributed by atoms with Gasteiger partial charge in [-0.3, -0.25) is 0 Å². The van der Waals surface area contributed by atoms with Gasteiger partial charge in [-0.2, -0.15) is 5.10 Å². The van der Waals surface area contributed by atoms with E-state index in [0.29, 0.717) is 17.5 Å². The van der Waals surface area contributed by atoms with Crippen LogP contribution >= 0.6 is 28.4 Å². The standard InChI is InChI=1S/C14H18BFIN2O2P/c1-8-10(16)6-11-9(7-19(18-11)22-17)12(8)15-20-13(2,3)14(4,5)21-15/h6-7,22H,1-5H3. The van der Waals surface area contributed by atoms with E-state index in [-0.39, 0.29) is 5.82 Å². The minimum atomic E-state index is -0.585. The molecule has 118 valence electrons. The Balaban J connectivity index is 2.18. The molecule has 2 aromatic rings. The third-order valence-electron chi connectivity index (χ3n) is 4.63. The lowest BCUT2D eigenvalue weighted by atomic mass is 9.74. The highest BCUT2D eigenvalue weighted by Gasteiger charge is 2.52. The third kappa shape index (κ3) is 2.50. The predicted octanol–water partition coefficient (Wildman–Crippen LogP) is 3.57. The van der Waals surface area contributed by atoms with E-state index in [1.807, 2.05) is 38.3 Å². The van der Waals surface area contributed by atoms with Gasteiger partial charge in [0.2, 0.25) is 0 Å². The van der Waals surface area contributed by atoms with Gasteiger partial charge < -0.3 is 9.31 Å². The number of benzene rings is 1. The van der Waals surface area contributed by atoms with Gasteiger partial charge in [0.1, 0.15) is 5.82 Å². The summed E-state index contributed by atoms with van der Waals surface area (Å²) in [6.45, 7) is 9.74. The van der Waals surface area contributed by atoms with Crippen molar-refractivity contribution in [3.8, 4) is 0 Å². The summed E-state index contributed by atoms with van der Waals surface area (Å²) in [5.74, 6) is -0.278. The molecule has 0 saturated carbocycles. The minimum Gasteiger partial charge on any atom is -0.399 e. The highest BCUT2D eigenvalue weighted by atomic mass is 127. The smallest absolute Gasteiger partial charge is 0.399 e. The Morgan fingerprint density at radius 1 is 1.27 bits per heavy atom. The lowest BCUT2D eigenvalue weighted by Gasteiger charge is -2.32. The lowest BCUT2D eigenvalue weighted by molar-refractivity contribution is 0.00578. The van der Waals surface area contributed by atoms with Gasteiger partial charge in [0, 0.05) is 17.6 Å². The van der Waals surface area contributed by atoms with Crippen LogP contribution in [0.4, 0.5) is 4.39 Å². The largest absolute Gasteiger partial charge is 0.495 e. The molecular weight excluding hydrogens is 416 g/mol. The number of nitrogens with zero attached hydrogens (tertiary/aromatic N) is 2. The first-order valence-electron chi connectivity index (χ1n) is 7.07. The van der Waals surface area contributed by atoms with E-state index in [1.165, 1.54) is 6.07 Å². The fourth-order valence-electron chi connectivity index (χ4n) is 2.57. The normalized spacial score (nSPS) is 20.6. The lowest BCUT2D eigenvalue weighted by Crippen LogP contribution is -2.41. The van der Waals surface area contributed by atoms with Crippen LogP contribution in [0.1, 0.15) is 33.3 Å². The van der Waals surface area contributed by atoms with Gasteiger partial charge in [-0.1, -0.05) is 0 Å². The monoisotopic (exact) mass is 434 g/mol. The van der Waals surface area contributed by atoms with Gasteiger partial charge in [0.25, 0.3) is 0 Å². The molecule has 1 aromatic heterocycles. The molecule has 3 rings (SSSR count). The molecule has 0 N–H and O–H groups in total. The van der Waals surface area contributed by atoms with Crippen LogP contribution in [0.25, 0.3) is 10.9 Å². The summed E-state index contributed by atoms with van der Waals surface area (Å²) < 4.78 is 28.3. The van der Waals surface area contributed by atoms with Crippen LogP contribution in [0.5, 0.6) is 0 Å². The van der Waals surface area contributed by atoms with E-state index in [9.17, 15) is 4.39 Å². The molecule has 8 heteroatoms. The number of fused-ring (bicyclic) bond motifs is 1. The van der Waals surface area contributed by atoms with Gasteiger partial charge >= 0.3 is 7.12 Å². The van der Waals surface area contributed by atoms with Crippen molar-refractivity contribution < 1.29 is 13.7 Å². The maximum Gasteiger partial charge on any atom is 0.495 e. The number of aromatic nitrogens is 2. The van der Waals surface area contributed by atoms with Gasteiger partial charge in [0.05, 0.1) is 23.1 Å². The van der Waals surface area contributed by atoms with Crippen molar-refractivity contribution in [3.05, 3.63) is 23.6 Å². The quantitative estimate of drug-likeness (QED) is 0.412. The Bertz CT molecular complexity index is 734. The number of rotatable bonds is 2. The second-order valence-electron chi connectivity index (χ2n) is 6.58.